The van der Waals surface area contributed by atoms with Gasteiger partial charge in [-0.05, 0) is 18.2 Å². The molecular weight excluding hydrogens is 239 g/mol. The molecule has 0 saturated carbocycles. The number of nitrogens with two attached hydrogens (primary N) is 1. The van der Waals surface area contributed by atoms with Crippen LogP contribution in [0.5, 0.6) is 0 Å². The van der Waals surface area contributed by atoms with Gasteiger partial charge in [0, 0.05) is 17.8 Å². The van der Waals surface area contributed by atoms with E-state index in [2.05, 4.69) is 5.32 Å². The normalized spacial score (nSPS) is 19.5. The topological polar surface area (TPSA) is 73.6 Å². The van der Waals surface area contributed by atoms with E-state index in [-0.39, 0.29) is 23.3 Å². The molecule has 2 rings (SSSR count). The number of hydrogen-bond donors (Lipinski definition) is 2. The molecule has 1 unspecified atom stereocenters. The van der Waals surface area contributed by atoms with Gasteiger partial charge < -0.3 is 20.5 Å². The number of hydrogen-bond acceptors (Lipinski definition) is 4. The average Bonchev–Trinajstić information content (AvgIpc) is 2.36. The summed E-state index contributed by atoms with van der Waals surface area (Å²) in [5.41, 5.74) is 5.89. The molecular formula is C12H15FN2O3. The highest BCUT2D eigenvalue weighted by atomic mass is 19.1. The molecule has 1 saturated heterocycles. The van der Waals surface area contributed by atoms with E-state index in [0.29, 0.717) is 26.4 Å². The van der Waals surface area contributed by atoms with Gasteiger partial charge in [0.05, 0.1) is 25.9 Å². The highest BCUT2D eigenvalue weighted by Gasteiger charge is 2.16. The molecule has 1 aliphatic heterocycles. The number of carbonyl (C=O) groups excluding carboxylic acids is 1. The maximum atomic E-state index is 13.1. The molecule has 1 aliphatic rings. The zero-order chi connectivity index (χ0) is 13.0. The second-order valence-corrected chi connectivity index (χ2v) is 4.05. The van der Waals surface area contributed by atoms with Gasteiger partial charge in [0.25, 0.3) is 5.91 Å². The van der Waals surface area contributed by atoms with E-state index in [4.69, 9.17) is 15.2 Å². The fraction of sp³-hybridized carbons (Fsp3) is 0.417. The van der Waals surface area contributed by atoms with Crippen molar-refractivity contribution < 1.29 is 18.7 Å². The third-order valence-corrected chi connectivity index (χ3v) is 2.56. The van der Waals surface area contributed by atoms with Crippen molar-refractivity contribution >= 4 is 11.6 Å². The number of nitrogens with one attached hydrogen (secondary N) is 1. The lowest BCUT2D eigenvalue weighted by molar-refractivity contribution is -0.0855. The molecule has 1 fully saturated rings. The molecule has 0 aromatic heterocycles. The van der Waals surface area contributed by atoms with Crippen molar-refractivity contribution in [3.63, 3.8) is 0 Å². The zero-order valence-electron chi connectivity index (χ0n) is 9.82. The van der Waals surface area contributed by atoms with E-state index in [1.54, 1.807) is 0 Å². The maximum absolute atomic E-state index is 13.1. The van der Waals surface area contributed by atoms with Gasteiger partial charge in [-0.2, -0.15) is 0 Å². The van der Waals surface area contributed by atoms with Crippen molar-refractivity contribution in [2.75, 3.05) is 32.1 Å². The van der Waals surface area contributed by atoms with Gasteiger partial charge >= 0.3 is 0 Å². The fourth-order valence-corrected chi connectivity index (χ4v) is 1.71. The second-order valence-electron chi connectivity index (χ2n) is 4.05. The number of benzene rings is 1. The average molecular weight is 254 g/mol. The van der Waals surface area contributed by atoms with E-state index in [1.807, 2.05) is 0 Å². The third-order valence-electron chi connectivity index (χ3n) is 2.56. The van der Waals surface area contributed by atoms with Crippen LogP contribution in [0.15, 0.2) is 18.2 Å². The molecule has 1 heterocycles. The SMILES string of the molecule is Nc1cc(F)cc(C(=O)NCC2COCCO2)c1. The van der Waals surface area contributed by atoms with Crippen LogP contribution in [0, 0.1) is 5.82 Å². The first-order chi connectivity index (χ1) is 8.65. The standard InChI is InChI=1S/C12H15FN2O3/c13-9-3-8(4-10(14)5-9)12(16)15-6-11-7-17-1-2-18-11/h3-5,11H,1-2,6-7,14H2,(H,15,16). The Balaban J connectivity index is 1.90. The van der Waals surface area contributed by atoms with E-state index >= 15 is 0 Å². The van der Waals surface area contributed by atoms with Crippen molar-refractivity contribution in [3.8, 4) is 0 Å². The van der Waals surface area contributed by atoms with Crippen LogP contribution >= 0.6 is 0 Å². The lowest BCUT2D eigenvalue weighted by Crippen LogP contribution is -2.39. The Morgan fingerprint density at radius 1 is 1.44 bits per heavy atom. The summed E-state index contributed by atoms with van der Waals surface area (Å²) in [7, 11) is 0. The minimum absolute atomic E-state index is 0.159. The van der Waals surface area contributed by atoms with Crippen LogP contribution in [0.4, 0.5) is 10.1 Å². The quantitative estimate of drug-likeness (QED) is 0.773. The molecule has 0 bridgehead atoms. The number of ether oxygens (including phenoxy) is 2. The summed E-state index contributed by atoms with van der Waals surface area (Å²) in [6.07, 6.45) is -0.159. The molecule has 1 aromatic rings. The van der Waals surface area contributed by atoms with Gasteiger partial charge in [-0.25, -0.2) is 4.39 Å². The molecule has 3 N–H and O–H groups in total. The van der Waals surface area contributed by atoms with Crippen molar-refractivity contribution in [2.45, 2.75) is 6.10 Å². The molecule has 0 aliphatic carbocycles. The number of carbonyl (C=O) groups is 1. The Morgan fingerprint density at radius 2 is 2.28 bits per heavy atom. The molecule has 0 spiro atoms. The van der Waals surface area contributed by atoms with Crippen LogP contribution in [0.1, 0.15) is 10.4 Å². The smallest absolute Gasteiger partial charge is 0.251 e. The highest BCUT2D eigenvalue weighted by molar-refractivity contribution is 5.95. The van der Waals surface area contributed by atoms with E-state index in [1.165, 1.54) is 6.07 Å². The summed E-state index contributed by atoms with van der Waals surface area (Å²) in [5, 5.41) is 2.66. The first-order valence-electron chi connectivity index (χ1n) is 5.69. The van der Waals surface area contributed by atoms with E-state index in [0.717, 1.165) is 12.1 Å². The number of amides is 1. The van der Waals surface area contributed by atoms with E-state index < -0.39 is 5.82 Å². The summed E-state index contributed by atoms with van der Waals surface area (Å²) in [6.45, 7) is 1.87. The van der Waals surface area contributed by atoms with Gasteiger partial charge in [-0.15, -0.1) is 0 Å². The van der Waals surface area contributed by atoms with Crippen LogP contribution < -0.4 is 11.1 Å². The predicted molar refractivity (Wildman–Crippen MR) is 63.7 cm³/mol. The molecule has 6 heteroatoms. The summed E-state index contributed by atoms with van der Waals surface area (Å²) >= 11 is 0. The van der Waals surface area contributed by atoms with Crippen LogP contribution in [0.2, 0.25) is 0 Å². The van der Waals surface area contributed by atoms with Gasteiger partial charge in [0.2, 0.25) is 0 Å². The molecule has 5 nitrogen and oxygen atoms in total. The summed E-state index contributed by atoms with van der Waals surface area (Å²) in [4.78, 5) is 11.8. The summed E-state index contributed by atoms with van der Waals surface area (Å²) < 4.78 is 23.7. The zero-order valence-corrected chi connectivity index (χ0v) is 9.82. The molecule has 0 radical (unpaired) electrons. The molecule has 1 atom stereocenters. The Hall–Kier alpha value is -1.66. The number of halogens is 1. The van der Waals surface area contributed by atoms with Crippen LogP contribution in [-0.2, 0) is 9.47 Å². The van der Waals surface area contributed by atoms with Crippen LogP contribution in [0.3, 0.4) is 0 Å². The van der Waals surface area contributed by atoms with Crippen molar-refractivity contribution in [2.24, 2.45) is 0 Å². The molecule has 1 amide bonds. The van der Waals surface area contributed by atoms with Gasteiger partial charge in [-0.1, -0.05) is 0 Å². The Labute approximate surface area is 104 Å². The Kier molecular flexibility index (Phi) is 4.11. The number of rotatable bonds is 3. The maximum Gasteiger partial charge on any atom is 0.251 e. The minimum Gasteiger partial charge on any atom is -0.399 e. The summed E-state index contributed by atoms with van der Waals surface area (Å²) in [6, 6.07) is 3.73. The van der Waals surface area contributed by atoms with Crippen LogP contribution in [-0.4, -0.2) is 38.4 Å². The third kappa shape index (κ3) is 3.41. The number of anilines is 1. The predicted octanol–water partition coefficient (Wildman–Crippen LogP) is 0.553. The van der Waals surface area contributed by atoms with Crippen molar-refractivity contribution in [1.82, 2.24) is 5.32 Å². The van der Waals surface area contributed by atoms with Crippen LogP contribution in [0.25, 0.3) is 0 Å². The van der Waals surface area contributed by atoms with Crippen molar-refractivity contribution in [1.29, 1.82) is 0 Å². The fourth-order valence-electron chi connectivity index (χ4n) is 1.71. The minimum atomic E-state index is -0.530. The molecule has 98 valence electrons. The Morgan fingerprint density at radius 3 is 2.94 bits per heavy atom. The van der Waals surface area contributed by atoms with Gasteiger partial charge in [0.1, 0.15) is 5.82 Å². The first kappa shape index (κ1) is 12.8. The number of nitrogen functional groups attached to an aromatic ring is 1. The molecule has 18 heavy (non-hydrogen) atoms. The largest absolute Gasteiger partial charge is 0.399 e. The highest BCUT2D eigenvalue weighted by Crippen LogP contribution is 2.10. The van der Waals surface area contributed by atoms with E-state index in [9.17, 15) is 9.18 Å². The second kappa shape index (κ2) is 5.79. The lowest BCUT2D eigenvalue weighted by atomic mass is 10.2. The summed E-state index contributed by atoms with van der Waals surface area (Å²) in [5.74, 6) is -0.909. The first-order valence-corrected chi connectivity index (χ1v) is 5.69. The van der Waals surface area contributed by atoms with Gasteiger partial charge in [0.15, 0.2) is 0 Å². The lowest BCUT2D eigenvalue weighted by Gasteiger charge is -2.23. The molecule has 1 aromatic carbocycles. The monoisotopic (exact) mass is 254 g/mol. The van der Waals surface area contributed by atoms with Crippen molar-refractivity contribution in [3.05, 3.63) is 29.6 Å². The Bertz CT molecular complexity index is 413. The van der Waals surface area contributed by atoms with Gasteiger partial charge in [-0.3, -0.25) is 4.79 Å².